The molecule has 0 aromatic carbocycles. The largest absolute Gasteiger partial charge is 0.468 e. The summed E-state index contributed by atoms with van der Waals surface area (Å²) in [6, 6.07) is 7.74. The van der Waals surface area contributed by atoms with Gasteiger partial charge < -0.3 is 10.2 Å². The fraction of sp³-hybridized carbons (Fsp3) is 0.308. The van der Waals surface area contributed by atoms with E-state index in [0.717, 1.165) is 31.0 Å². The predicted molar refractivity (Wildman–Crippen MR) is 67.4 cm³/mol. The molecule has 0 bridgehead atoms. The van der Waals surface area contributed by atoms with E-state index in [1.165, 1.54) is 0 Å². The number of nitrogens with zero attached hydrogens (tertiary/aromatic N) is 2. The van der Waals surface area contributed by atoms with Gasteiger partial charge in [-0.3, -0.25) is 9.88 Å². The molecule has 0 aliphatic carbocycles. The van der Waals surface area contributed by atoms with Crippen LogP contribution in [-0.2, 0) is 13.0 Å². The van der Waals surface area contributed by atoms with Crippen LogP contribution in [0.2, 0.25) is 0 Å². The highest BCUT2D eigenvalue weighted by atomic mass is 16.3. The second-order valence-electron chi connectivity index (χ2n) is 4.15. The van der Waals surface area contributed by atoms with Crippen molar-refractivity contribution < 1.29 is 4.42 Å². The van der Waals surface area contributed by atoms with Gasteiger partial charge in [-0.2, -0.15) is 0 Å². The van der Waals surface area contributed by atoms with Gasteiger partial charge >= 0.3 is 0 Å². The molecule has 2 rings (SSSR count). The molecule has 2 aromatic rings. The highest BCUT2D eigenvalue weighted by molar-refractivity contribution is 5.34. The van der Waals surface area contributed by atoms with Crippen LogP contribution in [-0.4, -0.2) is 23.5 Å². The number of likely N-dealkylation sites (N-methyl/N-ethyl adjacent to an activating group) is 1. The highest BCUT2D eigenvalue weighted by Crippen LogP contribution is 2.06. The fourth-order valence-electron chi connectivity index (χ4n) is 1.64. The maximum Gasteiger partial charge on any atom is 0.117 e. The minimum atomic E-state index is 0.706. The minimum absolute atomic E-state index is 0.706. The number of hydrogen-bond acceptors (Lipinski definition) is 4. The molecule has 0 saturated heterocycles. The Morgan fingerprint density at radius 2 is 2.24 bits per heavy atom. The van der Waals surface area contributed by atoms with Crippen molar-refractivity contribution in [2.45, 2.75) is 13.0 Å². The molecule has 17 heavy (non-hydrogen) atoms. The smallest absolute Gasteiger partial charge is 0.117 e. The Hall–Kier alpha value is -1.81. The van der Waals surface area contributed by atoms with E-state index in [0.29, 0.717) is 5.69 Å². The average molecular weight is 231 g/mol. The topological polar surface area (TPSA) is 55.3 Å². The summed E-state index contributed by atoms with van der Waals surface area (Å²) in [6.07, 6.45) is 4.31. The molecule has 0 atom stereocenters. The van der Waals surface area contributed by atoms with E-state index in [2.05, 4.69) is 16.9 Å². The van der Waals surface area contributed by atoms with Gasteiger partial charge in [0, 0.05) is 18.7 Å². The molecule has 0 aliphatic heterocycles. The Bertz CT molecular complexity index is 436. The number of hydrogen-bond donors (Lipinski definition) is 1. The number of anilines is 1. The van der Waals surface area contributed by atoms with Crippen molar-refractivity contribution >= 4 is 5.69 Å². The van der Waals surface area contributed by atoms with Crippen LogP contribution in [0.15, 0.2) is 41.1 Å². The number of rotatable bonds is 5. The van der Waals surface area contributed by atoms with Gasteiger partial charge in [-0.15, -0.1) is 0 Å². The lowest BCUT2D eigenvalue weighted by atomic mass is 10.2. The predicted octanol–water partition coefficient (Wildman–Crippen LogP) is 1.93. The Morgan fingerprint density at radius 3 is 2.88 bits per heavy atom. The van der Waals surface area contributed by atoms with E-state index < -0.39 is 0 Å². The van der Waals surface area contributed by atoms with E-state index in [1.54, 1.807) is 12.5 Å². The SMILES string of the molecule is CN(CCc1ccc(N)cn1)Cc1ccco1. The van der Waals surface area contributed by atoms with Crippen molar-refractivity contribution in [2.75, 3.05) is 19.3 Å². The van der Waals surface area contributed by atoms with Gasteiger partial charge in [-0.1, -0.05) is 0 Å². The Balaban J connectivity index is 1.79. The summed E-state index contributed by atoms with van der Waals surface area (Å²) in [5.74, 6) is 0.984. The van der Waals surface area contributed by atoms with Gasteiger partial charge in [-0.25, -0.2) is 0 Å². The van der Waals surface area contributed by atoms with Crippen molar-refractivity contribution in [3.8, 4) is 0 Å². The summed E-state index contributed by atoms with van der Waals surface area (Å²) in [4.78, 5) is 6.48. The second-order valence-corrected chi connectivity index (χ2v) is 4.15. The molecule has 0 unspecified atom stereocenters. The molecular weight excluding hydrogens is 214 g/mol. The number of nitrogen functional groups attached to an aromatic ring is 1. The third kappa shape index (κ3) is 3.60. The van der Waals surface area contributed by atoms with E-state index in [4.69, 9.17) is 10.2 Å². The summed E-state index contributed by atoms with van der Waals surface area (Å²) in [7, 11) is 2.07. The lowest BCUT2D eigenvalue weighted by molar-refractivity contribution is 0.297. The third-order valence-electron chi connectivity index (χ3n) is 2.60. The first kappa shape index (κ1) is 11.7. The summed E-state index contributed by atoms with van der Waals surface area (Å²) in [5, 5.41) is 0. The van der Waals surface area contributed by atoms with Crippen LogP contribution in [0.3, 0.4) is 0 Å². The Labute approximate surface area is 101 Å². The van der Waals surface area contributed by atoms with Crippen molar-refractivity contribution in [1.29, 1.82) is 0 Å². The molecule has 0 saturated carbocycles. The molecule has 4 nitrogen and oxygen atoms in total. The monoisotopic (exact) mass is 231 g/mol. The standard InChI is InChI=1S/C13H17N3O/c1-16(10-13-3-2-8-17-13)7-6-12-5-4-11(14)9-15-12/h2-5,8-9H,6-7,10,14H2,1H3. The average Bonchev–Trinajstić information content (AvgIpc) is 2.81. The zero-order valence-electron chi connectivity index (χ0n) is 9.97. The molecule has 0 aliphatic rings. The van der Waals surface area contributed by atoms with E-state index in [1.807, 2.05) is 24.3 Å². The molecule has 0 radical (unpaired) electrons. The molecule has 0 spiro atoms. The zero-order chi connectivity index (χ0) is 12.1. The van der Waals surface area contributed by atoms with Crippen molar-refractivity contribution in [3.63, 3.8) is 0 Å². The van der Waals surface area contributed by atoms with E-state index in [9.17, 15) is 0 Å². The maximum absolute atomic E-state index is 5.59. The molecule has 90 valence electrons. The summed E-state index contributed by atoms with van der Waals surface area (Å²) in [6.45, 7) is 1.76. The molecule has 4 heteroatoms. The lowest BCUT2D eigenvalue weighted by Gasteiger charge is -2.14. The second kappa shape index (κ2) is 5.50. The van der Waals surface area contributed by atoms with E-state index in [-0.39, 0.29) is 0 Å². The van der Waals surface area contributed by atoms with Gasteiger partial charge in [0.25, 0.3) is 0 Å². The van der Waals surface area contributed by atoms with Gasteiger partial charge in [0.2, 0.25) is 0 Å². The van der Waals surface area contributed by atoms with Gasteiger partial charge in [0.15, 0.2) is 0 Å². The quantitative estimate of drug-likeness (QED) is 0.854. The molecule has 0 amide bonds. The normalized spacial score (nSPS) is 10.9. The number of nitrogens with two attached hydrogens (primary N) is 1. The van der Waals surface area contributed by atoms with Crippen LogP contribution in [0.5, 0.6) is 0 Å². The fourth-order valence-corrected chi connectivity index (χ4v) is 1.64. The number of furan rings is 1. The van der Waals surface area contributed by atoms with Crippen LogP contribution in [0.1, 0.15) is 11.5 Å². The molecule has 0 fully saturated rings. The molecular formula is C13H17N3O. The summed E-state index contributed by atoms with van der Waals surface area (Å²) in [5.41, 5.74) is 7.35. The van der Waals surface area contributed by atoms with Gasteiger partial charge in [0.05, 0.1) is 24.7 Å². The van der Waals surface area contributed by atoms with Crippen LogP contribution < -0.4 is 5.73 Å². The van der Waals surface area contributed by atoms with Gasteiger partial charge in [0.1, 0.15) is 5.76 Å². The van der Waals surface area contributed by atoms with Crippen molar-refractivity contribution in [1.82, 2.24) is 9.88 Å². The van der Waals surface area contributed by atoms with Crippen LogP contribution in [0.25, 0.3) is 0 Å². The highest BCUT2D eigenvalue weighted by Gasteiger charge is 2.03. The Morgan fingerprint density at radius 1 is 1.35 bits per heavy atom. The van der Waals surface area contributed by atoms with Crippen LogP contribution in [0, 0.1) is 0 Å². The first-order chi connectivity index (χ1) is 8.24. The Kier molecular flexibility index (Phi) is 3.77. The number of pyridine rings is 1. The minimum Gasteiger partial charge on any atom is -0.468 e. The first-order valence-electron chi connectivity index (χ1n) is 5.65. The maximum atomic E-state index is 5.59. The first-order valence-corrected chi connectivity index (χ1v) is 5.65. The molecule has 2 aromatic heterocycles. The zero-order valence-corrected chi connectivity index (χ0v) is 9.97. The van der Waals surface area contributed by atoms with E-state index >= 15 is 0 Å². The molecule has 2 N–H and O–H groups in total. The molecule has 2 heterocycles. The van der Waals surface area contributed by atoms with Crippen LogP contribution >= 0.6 is 0 Å². The lowest BCUT2D eigenvalue weighted by Crippen LogP contribution is -2.20. The summed E-state index contributed by atoms with van der Waals surface area (Å²) >= 11 is 0. The number of aromatic nitrogens is 1. The van der Waals surface area contributed by atoms with Crippen molar-refractivity contribution in [2.24, 2.45) is 0 Å². The summed E-state index contributed by atoms with van der Waals surface area (Å²) < 4.78 is 5.30. The third-order valence-corrected chi connectivity index (χ3v) is 2.60. The van der Waals surface area contributed by atoms with Gasteiger partial charge in [-0.05, 0) is 31.3 Å². The van der Waals surface area contributed by atoms with Crippen molar-refractivity contribution in [3.05, 3.63) is 48.2 Å². The van der Waals surface area contributed by atoms with Crippen LogP contribution in [0.4, 0.5) is 5.69 Å².